The molecule has 0 aliphatic carbocycles. The van der Waals surface area contributed by atoms with Crippen molar-refractivity contribution in [3.63, 3.8) is 0 Å². The topological polar surface area (TPSA) is 97.6 Å². The van der Waals surface area contributed by atoms with E-state index in [1.807, 2.05) is 0 Å². The molecule has 1 amide bonds. The second-order valence-corrected chi connectivity index (χ2v) is 6.75. The van der Waals surface area contributed by atoms with Crippen molar-refractivity contribution in [2.45, 2.75) is 33.9 Å². The molecule has 0 fully saturated rings. The third-order valence-electron chi connectivity index (χ3n) is 4.37. The molecule has 0 unspecified atom stereocenters. The molecule has 0 radical (unpaired) electrons. The van der Waals surface area contributed by atoms with E-state index in [0.717, 1.165) is 17.7 Å². The monoisotopic (exact) mass is 432 g/mol. The minimum atomic E-state index is -1.57. The highest BCUT2D eigenvalue weighted by Crippen LogP contribution is 2.18. The molecule has 0 spiro atoms. The Morgan fingerprint density at radius 3 is 2.35 bits per heavy atom. The third-order valence-corrected chi connectivity index (χ3v) is 4.37. The van der Waals surface area contributed by atoms with Crippen LogP contribution in [0.25, 0.3) is 0 Å². The Morgan fingerprint density at radius 2 is 1.81 bits per heavy atom. The van der Waals surface area contributed by atoms with Crippen molar-refractivity contribution in [2.75, 3.05) is 5.32 Å². The Morgan fingerprint density at radius 1 is 1.16 bits per heavy atom. The minimum absolute atomic E-state index is 0.0421. The van der Waals surface area contributed by atoms with Crippen LogP contribution in [0.15, 0.2) is 47.0 Å². The molecular weight excluding hydrogens is 409 g/mol. The number of hydrogen-bond acceptors (Lipinski definition) is 4. The van der Waals surface area contributed by atoms with Crippen molar-refractivity contribution in [2.24, 2.45) is 4.99 Å². The number of nitrogens with one attached hydrogen (secondary N) is 3. The average Bonchev–Trinajstić information content (AvgIpc) is 2.71. The largest absolute Gasteiger partial charge is 0.392 e. The normalized spacial score (nSPS) is 12.0. The first-order valence-electron chi connectivity index (χ1n) is 9.34. The number of aliphatic hydroxyl groups excluding tert-OH is 1. The smallest absolute Gasteiger partial charge is 0.259 e. The molecule has 2 aromatic carbocycles. The number of guanidine groups is 1. The van der Waals surface area contributed by atoms with Crippen LogP contribution in [0.5, 0.6) is 0 Å². The van der Waals surface area contributed by atoms with Crippen molar-refractivity contribution in [1.82, 2.24) is 5.32 Å². The van der Waals surface area contributed by atoms with Crippen molar-refractivity contribution < 1.29 is 23.1 Å². The number of amides is 1. The molecule has 31 heavy (non-hydrogen) atoms. The molecule has 164 valence electrons. The summed E-state index contributed by atoms with van der Waals surface area (Å²) in [7, 11) is 0. The number of aliphatic hydroxyl groups is 1. The number of halogens is 3. The van der Waals surface area contributed by atoms with E-state index in [1.165, 1.54) is 13.0 Å². The summed E-state index contributed by atoms with van der Waals surface area (Å²) in [5.41, 5.74) is 2.16. The molecule has 0 aliphatic heterocycles. The maximum Gasteiger partial charge on any atom is 0.259 e. The van der Waals surface area contributed by atoms with E-state index < -0.39 is 23.4 Å². The highest BCUT2D eigenvalue weighted by Gasteiger charge is 2.15. The molecule has 0 heterocycles. The molecule has 0 saturated heterocycles. The van der Waals surface area contributed by atoms with Crippen LogP contribution in [-0.2, 0) is 17.9 Å². The van der Waals surface area contributed by atoms with E-state index in [-0.39, 0.29) is 36.0 Å². The molecule has 0 aromatic heterocycles. The van der Waals surface area contributed by atoms with Gasteiger partial charge in [-0.3, -0.25) is 10.1 Å². The van der Waals surface area contributed by atoms with Crippen molar-refractivity contribution in [1.29, 1.82) is 5.41 Å². The Balaban J connectivity index is 2.38. The van der Waals surface area contributed by atoms with Crippen LogP contribution in [-0.4, -0.2) is 22.7 Å². The number of carbonyl (C=O) groups is 1. The number of carbonyl (C=O) groups excluding carboxylic acids is 1. The lowest BCUT2D eigenvalue weighted by atomic mass is 10.1. The Kier molecular flexibility index (Phi) is 8.09. The first-order chi connectivity index (χ1) is 14.7. The Hall–Kier alpha value is -3.46. The summed E-state index contributed by atoms with van der Waals surface area (Å²) >= 11 is 0. The second-order valence-electron chi connectivity index (χ2n) is 6.75. The van der Waals surface area contributed by atoms with Gasteiger partial charge in [-0.05, 0) is 55.7 Å². The van der Waals surface area contributed by atoms with E-state index in [4.69, 9.17) is 5.41 Å². The van der Waals surface area contributed by atoms with E-state index in [2.05, 4.69) is 15.6 Å². The predicted molar refractivity (Wildman–Crippen MR) is 113 cm³/mol. The molecule has 2 aromatic rings. The quantitative estimate of drug-likeness (QED) is 0.241. The fourth-order valence-corrected chi connectivity index (χ4v) is 2.70. The van der Waals surface area contributed by atoms with Crippen LogP contribution >= 0.6 is 0 Å². The maximum atomic E-state index is 13.5. The van der Waals surface area contributed by atoms with Gasteiger partial charge in [-0.1, -0.05) is 18.2 Å². The maximum absolute atomic E-state index is 13.5. The van der Waals surface area contributed by atoms with Gasteiger partial charge in [-0.25, -0.2) is 18.2 Å². The van der Waals surface area contributed by atoms with Crippen LogP contribution in [0.4, 0.5) is 18.9 Å². The molecule has 0 saturated carbocycles. The van der Waals surface area contributed by atoms with E-state index in [9.17, 15) is 23.1 Å². The Labute approximate surface area is 178 Å². The van der Waals surface area contributed by atoms with E-state index in [0.29, 0.717) is 11.3 Å². The Bertz CT molecular complexity index is 1040. The molecular formula is C22H23F3N4O2. The average molecular weight is 432 g/mol. The van der Waals surface area contributed by atoms with Gasteiger partial charge in [0.1, 0.15) is 0 Å². The summed E-state index contributed by atoms with van der Waals surface area (Å²) in [6.07, 6.45) is 1.47. The van der Waals surface area contributed by atoms with Gasteiger partial charge in [0.25, 0.3) is 5.91 Å². The van der Waals surface area contributed by atoms with Crippen molar-refractivity contribution >= 4 is 23.3 Å². The van der Waals surface area contributed by atoms with E-state index in [1.54, 1.807) is 32.0 Å². The van der Waals surface area contributed by atoms with Crippen molar-refractivity contribution in [3.05, 3.63) is 76.1 Å². The lowest BCUT2D eigenvalue weighted by Crippen LogP contribution is -2.38. The summed E-state index contributed by atoms with van der Waals surface area (Å²) in [5, 5.41) is 22.5. The fraction of sp³-hybridized carbons (Fsp3) is 0.227. The lowest BCUT2D eigenvalue weighted by Gasteiger charge is -2.15. The minimum Gasteiger partial charge on any atom is -0.392 e. The lowest BCUT2D eigenvalue weighted by molar-refractivity contribution is -0.115. The molecule has 6 nitrogen and oxygen atoms in total. The van der Waals surface area contributed by atoms with Crippen molar-refractivity contribution in [3.8, 4) is 0 Å². The summed E-state index contributed by atoms with van der Waals surface area (Å²) in [5.74, 6) is -4.91. The summed E-state index contributed by atoms with van der Waals surface area (Å²) in [6.45, 7) is 4.41. The van der Waals surface area contributed by atoms with Gasteiger partial charge in [0.2, 0.25) is 5.96 Å². The van der Waals surface area contributed by atoms with Crippen LogP contribution in [0.3, 0.4) is 0 Å². The molecule has 9 heteroatoms. The standard InChI is InChI=1S/C22H23F3N4O2/c1-4-16(13(3)26)21(31)29-22(28-19-9-14(11-30)6-5-12(19)2)27-10-15-7-17(23)20(25)18(24)8-15/h4-9,26,30H,10-11H2,1-3H3,(H2,27,28,29,31)/b16-4-,26-13?. The fourth-order valence-electron chi connectivity index (χ4n) is 2.70. The van der Waals surface area contributed by atoms with Crippen LogP contribution in [0.1, 0.15) is 30.5 Å². The molecule has 0 bridgehead atoms. The zero-order valence-electron chi connectivity index (χ0n) is 17.3. The number of nitrogens with zero attached hydrogens (tertiary/aromatic N) is 1. The van der Waals surface area contributed by atoms with Gasteiger partial charge in [0, 0.05) is 11.4 Å². The van der Waals surface area contributed by atoms with Crippen LogP contribution in [0.2, 0.25) is 0 Å². The van der Waals surface area contributed by atoms with E-state index >= 15 is 0 Å². The number of hydrogen-bond donors (Lipinski definition) is 4. The van der Waals surface area contributed by atoms with Gasteiger partial charge in [0.15, 0.2) is 17.5 Å². The SMILES string of the molecule is C/C=C(/C(C)=N)C(=O)NC(=NCc1cc(F)c(F)c(F)c1)Nc1cc(CO)ccc1C. The highest BCUT2D eigenvalue weighted by atomic mass is 19.2. The van der Waals surface area contributed by atoms with Gasteiger partial charge in [-0.15, -0.1) is 0 Å². The van der Waals surface area contributed by atoms with Gasteiger partial charge in [-0.2, -0.15) is 0 Å². The zero-order chi connectivity index (χ0) is 23.1. The number of benzene rings is 2. The van der Waals surface area contributed by atoms with Crippen LogP contribution in [0, 0.1) is 29.8 Å². The number of aryl methyl sites for hydroxylation is 1. The summed E-state index contributed by atoms with van der Waals surface area (Å²) in [6, 6.07) is 6.79. The first-order valence-corrected chi connectivity index (χ1v) is 9.34. The third kappa shape index (κ3) is 6.26. The number of aliphatic imine (C=N–C) groups is 1. The number of allylic oxidation sites excluding steroid dienone is 1. The van der Waals surface area contributed by atoms with Gasteiger partial charge >= 0.3 is 0 Å². The predicted octanol–water partition coefficient (Wildman–Crippen LogP) is 3.97. The molecule has 0 atom stereocenters. The zero-order valence-corrected chi connectivity index (χ0v) is 17.3. The second kappa shape index (κ2) is 10.5. The number of anilines is 1. The molecule has 0 aliphatic rings. The van der Waals surface area contributed by atoms with Gasteiger partial charge in [0.05, 0.1) is 18.7 Å². The highest BCUT2D eigenvalue weighted by molar-refractivity contribution is 6.23. The van der Waals surface area contributed by atoms with Gasteiger partial charge < -0.3 is 15.8 Å². The molecule has 2 rings (SSSR count). The summed E-state index contributed by atoms with van der Waals surface area (Å²) in [4.78, 5) is 16.7. The molecule has 4 N–H and O–H groups in total. The number of rotatable bonds is 6. The first kappa shape index (κ1) is 23.8. The van der Waals surface area contributed by atoms with Crippen LogP contribution < -0.4 is 10.6 Å². The summed E-state index contributed by atoms with van der Waals surface area (Å²) < 4.78 is 40.2.